The van der Waals surface area contributed by atoms with Crippen molar-refractivity contribution in [1.29, 1.82) is 0 Å². The number of nitrogens with zero attached hydrogens (tertiary/aromatic N) is 1. The standard InChI is InChI=1S/C6H2Cl4N2O3/c7-3-2(12(14)15)1-11-4(3)5(13)6(8,9)10/h1,11H. The van der Waals surface area contributed by atoms with Crippen LogP contribution >= 0.6 is 46.4 Å². The fraction of sp³-hybridized carbons (Fsp3) is 0.167. The minimum Gasteiger partial charge on any atom is -0.351 e. The van der Waals surface area contributed by atoms with Gasteiger partial charge in [-0.25, -0.2) is 0 Å². The maximum atomic E-state index is 11.4. The Morgan fingerprint density at radius 2 is 2.00 bits per heavy atom. The van der Waals surface area contributed by atoms with E-state index in [2.05, 4.69) is 4.98 Å². The predicted molar refractivity (Wildman–Crippen MR) is 57.1 cm³/mol. The largest absolute Gasteiger partial charge is 0.351 e. The summed E-state index contributed by atoms with van der Waals surface area (Å²) in [5.74, 6) is -0.953. The van der Waals surface area contributed by atoms with Crippen molar-refractivity contribution in [2.45, 2.75) is 3.79 Å². The summed E-state index contributed by atoms with van der Waals surface area (Å²) < 4.78 is -2.21. The van der Waals surface area contributed by atoms with Crippen LogP contribution in [0, 0.1) is 10.1 Å². The van der Waals surface area contributed by atoms with Crippen LogP contribution in [-0.2, 0) is 0 Å². The molecule has 0 saturated carbocycles. The van der Waals surface area contributed by atoms with Gasteiger partial charge in [-0.2, -0.15) is 0 Å². The molecular weight excluding hydrogens is 290 g/mol. The van der Waals surface area contributed by atoms with Crippen LogP contribution in [0.4, 0.5) is 5.69 Å². The molecule has 0 aromatic carbocycles. The minimum absolute atomic E-state index is 0.302. The summed E-state index contributed by atoms with van der Waals surface area (Å²) >= 11 is 21.5. The van der Waals surface area contributed by atoms with Crippen LogP contribution in [0.5, 0.6) is 0 Å². The van der Waals surface area contributed by atoms with Crippen molar-refractivity contribution >= 4 is 57.9 Å². The molecule has 0 unspecified atom stereocenters. The Morgan fingerprint density at radius 3 is 2.33 bits per heavy atom. The van der Waals surface area contributed by atoms with Gasteiger partial charge >= 0.3 is 5.69 Å². The zero-order valence-electron chi connectivity index (χ0n) is 6.76. The molecule has 0 aliphatic rings. The number of ketones is 1. The lowest BCUT2D eigenvalue weighted by Gasteiger charge is -2.07. The smallest absolute Gasteiger partial charge is 0.305 e. The Bertz CT molecular complexity index is 423. The van der Waals surface area contributed by atoms with Crippen LogP contribution in [0.3, 0.4) is 0 Å². The highest BCUT2D eigenvalue weighted by Crippen LogP contribution is 2.35. The van der Waals surface area contributed by atoms with Gasteiger partial charge in [0.1, 0.15) is 10.7 Å². The molecule has 5 nitrogen and oxygen atoms in total. The number of alkyl halides is 3. The molecule has 1 aromatic heterocycles. The molecule has 0 aliphatic heterocycles. The average Bonchev–Trinajstić information content (AvgIpc) is 2.44. The minimum atomic E-state index is -2.21. The summed E-state index contributed by atoms with van der Waals surface area (Å²) in [5.41, 5.74) is -0.752. The van der Waals surface area contributed by atoms with Crippen LogP contribution < -0.4 is 0 Å². The fourth-order valence-electron chi connectivity index (χ4n) is 0.835. The molecule has 0 amide bonds. The average molecular weight is 292 g/mol. The van der Waals surface area contributed by atoms with Gasteiger partial charge in [0.15, 0.2) is 0 Å². The van der Waals surface area contributed by atoms with Gasteiger partial charge in [0.05, 0.1) is 11.1 Å². The highest BCUT2D eigenvalue weighted by atomic mass is 35.6. The molecule has 0 saturated heterocycles. The van der Waals surface area contributed by atoms with E-state index in [9.17, 15) is 14.9 Å². The number of rotatable bonds is 2. The van der Waals surface area contributed by atoms with Crippen molar-refractivity contribution in [3.8, 4) is 0 Å². The molecule has 1 rings (SSSR count). The van der Waals surface area contributed by atoms with Gasteiger partial charge in [0.2, 0.25) is 5.78 Å². The third kappa shape index (κ3) is 2.55. The molecule has 0 bridgehead atoms. The summed E-state index contributed by atoms with van der Waals surface area (Å²) in [6.07, 6.45) is 0.950. The molecule has 1 heterocycles. The number of nitro groups is 1. The Kier molecular flexibility index (Phi) is 3.50. The van der Waals surface area contributed by atoms with E-state index < -0.39 is 20.2 Å². The van der Waals surface area contributed by atoms with E-state index in [1.54, 1.807) is 0 Å². The fourth-order valence-corrected chi connectivity index (χ4v) is 1.38. The summed E-state index contributed by atoms with van der Waals surface area (Å²) in [5, 5.41) is 10.0. The second-order valence-electron chi connectivity index (χ2n) is 2.45. The third-order valence-corrected chi connectivity index (χ3v) is 2.38. The Morgan fingerprint density at radius 1 is 1.47 bits per heavy atom. The normalized spacial score (nSPS) is 11.5. The molecule has 15 heavy (non-hydrogen) atoms. The van der Waals surface area contributed by atoms with Crippen molar-refractivity contribution in [1.82, 2.24) is 4.98 Å². The monoisotopic (exact) mass is 290 g/mol. The van der Waals surface area contributed by atoms with Gasteiger partial charge in [0.25, 0.3) is 3.79 Å². The van der Waals surface area contributed by atoms with Crippen LogP contribution in [0.25, 0.3) is 0 Å². The molecule has 1 N–H and O–H groups in total. The van der Waals surface area contributed by atoms with Gasteiger partial charge in [-0.1, -0.05) is 46.4 Å². The first-order valence-corrected chi connectivity index (χ1v) is 4.89. The Labute approximate surface area is 103 Å². The Hall–Kier alpha value is -0.490. The molecule has 82 valence electrons. The van der Waals surface area contributed by atoms with E-state index in [1.165, 1.54) is 0 Å². The van der Waals surface area contributed by atoms with Gasteiger partial charge in [0, 0.05) is 0 Å². The van der Waals surface area contributed by atoms with E-state index >= 15 is 0 Å². The number of halogens is 4. The second kappa shape index (κ2) is 4.17. The third-order valence-electron chi connectivity index (χ3n) is 1.48. The lowest BCUT2D eigenvalue weighted by atomic mass is 10.3. The molecule has 0 spiro atoms. The predicted octanol–water partition coefficient (Wildman–Crippen LogP) is 3.13. The number of aromatic amines is 1. The van der Waals surface area contributed by atoms with Crippen molar-refractivity contribution in [3.05, 3.63) is 27.0 Å². The summed E-state index contributed by atoms with van der Waals surface area (Å²) in [4.78, 5) is 23.3. The topological polar surface area (TPSA) is 76.0 Å². The molecular formula is C6H2Cl4N2O3. The van der Waals surface area contributed by atoms with E-state index in [1.807, 2.05) is 0 Å². The maximum absolute atomic E-state index is 11.4. The van der Waals surface area contributed by atoms with E-state index in [0.717, 1.165) is 6.20 Å². The first-order valence-electron chi connectivity index (χ1n) is 3.38. The molecule has 0 radical (unpaired) electrons. The van der Waals surface area contributed by atoms with Crippen molar-refractivity contribution in [2.75, 3.05) is 0 Å². The van der Waals surface area contributed by atoms with E-state index in [4.69, 9.17) is 46.4 Å². The van der Waals surface area contributed by atoms with Gasteiger partial charge in [-0.3, -0.25) is 14.9 Å². The molecule has 0 atom stereocenters. The molecule has 0 aliphatic carbocycles. The van der Waals surface area contributed by atoms with E-state index in [0.29, 0.717) is 0 Å². The first-order chi connectivity index (χ1) is 6.75. The zero-order valence-corrected chi connectivity index (χ0v) is 9.78. The van der Waals surface area contributed by atoms with E-state index in [-0.39, 0.29) is 10.7 Å². The number of aromatic nitrogens is 1. The SMILES string of the molecule is O=C(c1[nH]cc([N+](=O)[O-])c1Cl)C(Cl)(Cl)Cl. The zero-order chi connectivity index (χ0) is 11.8. The van der Waals surface area contributed by atoms with Crippen molar-refractivity contribution in [3.63, 3.8) is 0 Å². The number of nitrogens with one attached hydrogen (secondary N) is 1. The van der Waals surface area contributed by atoms with Gasteiger partial charge in [-0.15, -0.1) is 0 Å². The van der Waals surface area contributed by atoms with Gasteiger partial charge < -0.3 is 4.98 Å². The number of Topliss-reactive ketones (excluding diaryl/α,β-unsaturated/α-hetero) is 1. The quantitative estimate of drug-likeness (QED) is 0.394. The molecule has 9 heteroatoms. The summed E-state index contributed by atoms with van der Waals surface area (Å²) in [6, 6.07) is 0. The summed E-state index contributed by atoms with van der Waals surface area (Å²) in [7, 11) is 0. The van der Waals surface area contributed by atoms with Crippen molar-refractivity contribution in [2.24, 2.45) is 0 Å². The van der Waals surface area contributed by atoms with Crippen LogP contribution in [0.15, 0.2) is 6.20 Å². The number of hydrogen-bond acceptors (Lipinski definition) is 3. The number of H-pyrrole nitrogens is 1. The van der Waals surface area contributed by atoms with Crippen molar-refractivity contribution < 1.29 is 9.72 Å². The van der Waals surface area contributed by atoms with Gasteiger partial charge in [-0.05, 0) is 0 Å². The van der Waals surface area contributed by atoms with Crippen LogP contribution in [-0.4, -0.2) is 19.5 Å². The number of carbonyl (C=O) groups excluding carboxylic acids is 1. The number of hydrogen-bond donors (Lipinski definition) is 1. The molecule has 1 aromatic rings. The van der Waals surface area contributed by atoms with Crippen LogP contribution in [0.2, 0.25) is 5.02 Å². The first kappa shape index (κ1) is 12.6. The Balaban J connectivity index is 3.19. The highest BCUT2D eigenvalue weighted by molar-refractivity contribution is 6.77. The summed E-state index contributed by atoms with van der Waals surface area (Å²) in [6.45, 7) is 0. The second-order valence-corrected chi connectivity index (χ2v) is 5.11. The maximum Gasteiger partial charge on any atom is 0.305 e. The van der Waals surface area contributed by atoms with Crippen LogP contribution in [0.1, 0.15) is 10.5 Å². The highest BCUT2D eigenvalue weighted by Gasteiger charge is 2.36. The lowest BCUT2D eigenvalue weighted by Crippen LogP contribution is -2.19. The lowest BCUT2D eigenvalue weighted by molar-refractivity contribution is -0.384. The molecule has 0 fully saturated rings. The number of carbonyl (C=O) groups is 1.